The average Bonchev–Trinajstić information content (AvgIpc) is 2.52. The topological polar surface area (TPSA) is 20.2 Å². The van der Waals surface area contributed by atoms with Crippen LogP contribution in [0.3, 0.4) is 0 Å². The van der Waals surface area contributed by atoms with Crippen LogP contribution in [-0.4, -0.2) is 11.2 Å². The van der Waals surface area contributed by atoms with Crippen molar-refractivity contribution in [1.82, 2.24) is 0 Å². The predicted octanol–water partition coefficient (Wildman–Crippen LogP) is 2.40. The number of aryl methyl sites for hydroxylation is 1. The molecule has 0 aromatic heterocycles. The Hall–Kier alpha value is -1.08. The Balaban J connectivity index is 2.22. The van der Waals surface area contributed by atoms with Gasteiger partial charge in [0.1, 0.15) is 0 Å². The van der Waals surface area contributed by atoms with Gasteiger partial charge in [-0.3, -0.25) is 0 Å². The molecule has 0 heterocycles. The van der Waals surface area contributed by atoms with Crippen LogP contribution in [0.5, 0.6) is 0 Å². The quantitative estimate of drug-likeness (QED) is 0.648. The molecule has 0 saturated heterocycles. The number of hydrogen-bond donors (Lipinski definition) is 1. The molecular weight excluding hydrogens is 160 g/mol. The van der Waals surface area contributed by atoms with E-state index in [1.807, 2.05) is 6.08 Å². The Kier molecular flexibility index (Phi) is 2.19. The first-order chi connectivity index (χ1) is 6.25. The molecule has 0 unspecified atom stereocenters. The molecule has 1 aromatic carbocycles. The third-order valence-corrected chi connectivity index (χ3v) is 2.53. The summed E-state index contributed by atoms with van der Waals surface area (Å²) in [4.78, 5) is 0. The summed E-state index contributed by atoms with van der Waals surface area (Å²) in [6.07, 6.45) is 4.57. The Morgan fingerprint density at radius 2 is 2.15 bits per heavy atom. The van der Waals surface area contributed by atoms with Gasteiger partial charge < -0.3 is 5.11 Å². The summed E-state index contributed by atoms with van der Waals surface area (Å²) in [5, 5.41) is 9.34. The molecule has 68 valence electrons. The van der Waals surface area contributed by atoms with Crippen LogP contribution in [0.1, 0.15) is 23.5 Å². The van der Waals surface area contributed by atoms with Crippen molar-refractivity contribution >= 4 is 0 Å². The van der Waals surface area contributed by atoms with E-state index in [2.05, 4.69) is 37.3 Å². The Bertz CT molecular complexity index is 328. The van der Waals surface area contributed by atoms with Crippen molar-refractivity contribution in [3.63, 3.8) is 0 Å². The molecule has 1 aromatic rings. The molecule has 2 rings (SSSR count). The van der Waals surface area contributed by atoms with E-state index < -0.39 is 0 Å². The highest BCUT2D eigenvalue weighted by Gasteiger charge is 2.17. The number of aliphatic hydroxyl groups excluding tert-OH is 1. The molecule has 0 aliphatic heterocycles. The van der Waals surface area contributed by atoms with Gasteiger partial charge in [-0.2, -0.15) is 0 Å². The molecule has 1 aliphatic carbocycles. The largest absolute Gasteiger partial charge is 0.389 e. The highest BCUT2D eigenvalue weighted by Crippen LogP contribution is 2.28. The molecule has 0 saturated carbocycles. The smallest absolute Gasteiger partial charge is 0.0729 e. The molecular formula is C12H14O. The number of rotatable bonds is 1. The van der Waals surface area contributed by atoms with Gasteiger partial charge in [-0.15, -0.1) is 0 Å². The molecule has 1 heteroatoms. The van der Waals surface area contributed by atoms with Gasteiger partial charge >= 0.3 is 0 Å². The monoisotopic (exact) mass is 174 g/mol. The molecule has 0 radical (unpaired) electrons. The second-order valence-electron chi connectivity index (χ2n) is 3.71. The zero-order chi connectivity index (χ0) is 9.26. The first-order valence-corrected chi connectivity index (χ1v) is 4.68. The minimum Gasteiger partial charge on any atom is -0.389 e. The van der Waals surface area contributed by atoms with E-state index in [-0.39, 0.29) is 6.10 Å². The van der Waals surface area contributed by atoms with E-state index in [0.29, 0.717) is 5.92 Å². The molecule has 1 aliphatic rings. The van der Waals surface area contributed by atoms with Crippen LogP contribution < -0.4 is 0 Å². The maximum Gasteiger partial charge on any atom is 0.0729 e. The lowest BCUT2D eigenvalue weighted by atomic mass is 9.97. The number of hydrogen-bond acceptors (Lipinski definition) is 1. The van der Waals surface area contributed by atoms with E-state index >= 15 is 0 Å². The maximum atomic E-state index is 9.34. The zero-order valence-electron chi connectivity index (χ0n) is 7.77. The predicted molar refractivity (Wildman–Crippen MR) is 53.7 cm³/mol. The minimum atomic E-state index is -0.245. The Morgan fingerprint density at radius 3 is 2.77 bits per heavy atom. The summed E-state index contributed by atoms with van der Waals surface area (Å²) in [7, 11) is 0. The second kappa shape index (κ2) is 3.35. The number of aliphatic hydroxyl groups is 1. The van der Waals surface area contributed by atoms with Crippen LogP contribution in [0.2, 0.25) is 0 Å². The first kappa shape index (κ1) is 8.52. The van der Waals surface area contributed by atoms with Gasteiger partial charge in [0.05, 0.1) is 6.10 Å². The van der Waals surface area contributed by atoms with Crippen molar-refractivity contribution in [2.75, 3.05) is 0 Å². The minimum absolute atomic E-state index is 0.245. The van der Waals surface area contributed by atoms with Gasteiger partial charge in [0.15, 0.2) is 0 Å². The Morgan fingerprint density at radius 1 is 1.31 bits per heavy atom. The third-order valence-electron chi connectivity index (χ3n) is 2.53. The molecule has 0 amide bonds. The van der Waals surface area contributed by atoms with Crippen molar-refractivity contribution in [1.29, 1.82) is 0 Å². The molecule has 0 bridgehead atoms. The van der Waals surface area contributed by atoms with Gasteiger partial charge in [0, 0.05) is 5.92 Å². The van der Waals surface area contributed by atoms with E-state index in [4.69, 9.17) is 0 Å². The van der Waals surface area contributed by atoms with Crippen molar-refractivity contribution < 1.29 is 5.11 Å². The third kappa shape index (κ3) is 1.81. The summed E-state index contributed by atoms with van der Waals surface area (Å²) >= 11 is 0. The van der Waals surface area contributed by atoms with Crippen molar-refractivity contribution in [3.05, 3.63) is 47.5 Å². The van der Waals surface area contributed by atoms with Gasteiger partial charge in [-0.05, 0) is 18.9 Å². The van der Waals surface area contributed by atoms with Crippen molar-refractivity contribution in [2.24, 2.45) is 0 Å². The van der Waals surface area contributed by atoms with Gasteiger partial charge in [-0.1, -0.05) is 42.0 Å². The first-order valence-electron chi connectivity index (χ1n) is 4.68. The van der Waals surface area contributed by atoms with Gasteiger partial charge in [-0.25, -0.2) is 0 Å². The van der Waals surface area contributed by atoms with Crippen LogP contribution in [0.25, 0.3) is 0 Å². The van der Waals surface area contributed by atoms with E-state index in [1.54, 1.807) is 0 Å². The fraction of sp³-hybridized carbons (Fsp3) is 0.333. The van der Waals surface area contributed by atoms with E-state index in [1.165, 1.54) is 11.1 Å². The van der Waals surface area contributed by atoms with E-state index in [0.717, 1.165) is 6.42 Å². The molecule has 2 atom stereocenters. The second-order valence-corrected chi connectivity index (χ2v) is 3.71. The zero-order valence-corrected chi connectivity index (χ0v) is 7.77. The summed E-state index contributed by atoms with van der Waals surface area (Å²) in [5.74, 6) is 0.412. The summed E-state index contributed by atoms with van der Waals surface area (Å²) in [6, 6.07) is 8.48. The van der Waals surface area contributed by atoms with E-state index in [9.17, 15) is 5.11 Å². The van der Waals surface area contributed by atoms with Crippen LogP contribution in [0, 0.1) is 6.92 Å². The standard InChI is InChI=1S/C12H14O/c1-9-3-2-4-10(7-9)11-5-6-12(13)8-11/h2-7,11-13H,8H2,1H3/t11-,12-/m0/s1. The van der Waals surface area contributed by atoms with Crippen LogP contribution in [-0.2, 0) is 0 Å². The summed E-state index contributed by atoms with van der Waals surface area (Å²) < 4.78 is 0. The fourth-order valence-corrected chi connectivity index (χ4v) is 1.83. The highest BCUT2D eigenvalue weighted by molar-refractivity contribution is 5.30. The fourth-order valence-electron chi connectivity index (χ4n) is 1.83. The lowest BCUT2D eigenvalue weighted by molar-refractivity contribution is 0.218. The molecule has 1 N–H and O–H groups in total. The lowest BCUT2D eigenvalue weighted by Gasteiger charge is -2.09. The molecule has 0 fully saturated rings. The maximum absolute atomic E-state index is 9.34. The van der Waals surface area contributed by atoms with Gasteiger partial charge in [0.25, 0.3) is 0 Å². The number of benzene rings is 1. The van der Waals surface area contributed by atoms with Crippen LogP contribution in [0.4, 0.5) is 0 Å². The number of allylic oxidation sites excluding steroid dienone is 1. The SMILES string of the molecule is Cc1cccc([C@H]2C=C[C@H](O)C2)c1. The van der Waals surface area contributed by atoms with Crippen molar-refractivity contribution in [3.8, 4) is 0 Å². The molecule has 0 spiro atoms. The average molecular weight is 174 g/mol. The van der Waals surface area contributed by atoms with Crippen LogP contribution >= 0.6 is 0 Å². The highest BCUT2D eigenvalue weighted by atomic mass is 16.3. The normalized spacial score (nSPS) is 26.6. The van der Waals surface area contributed by atoms with Crippen LogP contribution in [0.15, 0.2) is 36.4 Å². The lowest BCUT2D eigenvalue weighted by Crippen LogP contribution is -2.00. The molecule has 1 nitrogen and oxygen atoms in total. The van der Waals surface area contributed by atoms with Crippen molar-refractivity contribution in [2.45, 2.75) is 25.4 Å². The Labute approximate surface area is 78.7 Å². The molecule has 13 heavy (non-hydrogen) atoms. The summed E-state index contributed by atoms with van der Waals surface area (Å²) in [5.41, 5.74) is 2.60. The van der Waals surface area contributed by atoms with Gasteiger partial charge in [0.2, 0.25) is 0 Å². The summed E-state index contributed by atoms with van der Waals surface area (Å²) in [6.45, 7) is 2.10.